The van der Waals surface area contributed by atoms with Gasteiger partial charge in [0.15, 0.2) is 0 Å². The maximum Gasteiger partial charge on any atom is 0.416 e. The van der Waals surface area contributed by atoms with Gasteiger partial charge in [0.05, 0.1) is 22.2 Å². The molecule has 0 saturated carbocycles. The number of benzene rings is 3. The van der Waals surface area contributed by atoms with E-state index in [-0.39, 0.29) is 11.6 Å². The van der Waals surface area contributed by atoms with Crippen LogP contribution >= 0.6 is 23.1 Å². The van der Waals surface area contributed by atoms with Crippen LogP contribution in [0.15, 0.2) is 88.7 Å². The van der Waals surface area contributed by atoms with E-state index in [1.165, 1.54) is 21.6 Å². The Labute approximate surface area is 258 Å². The molecule has 6 rings (SSSR count). The molecule has 8 nitrogen and oxygen atoms in total. The molecule has 3 aromatic carbocycles. The zero-order valence-corrected chi connectivity index (χ0v) is 25.0. The van der Waals surface area contributed by atoms with Gasteiger partial charge in [-0.1, -0.05) is 59.5 Å². The van der Waals surface area contributed by atoms with Crippen LogP contribution in [0.4, 0.5) is 30.2 Å². The third-order valence-electron chi connectivity index (χ3n) is 7.61. The number of amides is 3. The normalized spacial score (nSPS) is 19.5. The summed E-state index contributed by atoms with van der Waals surface area (Å²) in [4.78, 5) is 57.3. The Morgan fingerprint density at radius 1 is 0.932 bits per heavy atom. The minimum atomic E-state index is -4.59. The summed E-state index contributed by atoms with van der Waals surface area (Å²) in [6, 6.07) is 20.4. The van der Waals surface area contributed by atoms with Crippen LogP contribution in [0.3, 0.4) is 0 Å². The molecule has 3 atom stereocenters. The summed E-state index contributed by atoms with van der Waals surface area (Å²) in [5.74, 6) is -2.93. The standard InChI is InChI=1S/C31H25F3N4O4S2/c1-36(2)20-13-11-17(12-14-20)23-24-25(28(41)38(27(24)40)21-9-4-3-5-10-21)43-29-26(23)44-30(42)37(29)16-22(39)35-19-8-6-7-18(15-19)31(32,33)34/h3-15,23-25H,16H2,1-2H3,(H,35,39). The third kappa shape index (κ3) is 5.30. The lowest BCUT2D eigenvalue weighted by Gasteiger charge is -2.31. The number of thiazole rings is 1. The largest absolute Gasteiger partial charge is 0.416 e. The summed E-state index contributed by atoms with van der Waals surface area (Å²) >= 11 is 1.97. The number of fused-ring (bicyclic) bond motifs is 2. The number of thioether (sulfide) groups is 1. The first-order chi connectivity index (χ1) is 20.9. The molecule has 44 heavy (non-hydrogen) atoms. The van der Waals surface area contributed by atoms with Gasteiger partial charge in [0, 0.05) is 36.3 Å². The quantitative estimate of drug-likeness (QED) is 0.284. The van der Waals surface area contributed by atoms with Crippen molar-refractivity contribution in [3.8, 4) is 0 Å². The van der Waals surface area contributed by atoms with E-state index >= 15 is 0 Å². The molecule has 0 aliphatic carbocycles. The molecule has 1 saturated heterocycles. The van der Waals surface area contributed by atoms with Gasteiger partial charge in [-0.15, -0.1) is 0 Å². The number of rotatable bonds is 6. The fourth-order valence-electron chi connectivity index (χ4n) is 5.54. The van der Waals surface area contributed by atoms with Crippen molar-refractivity contribution in [2.75, 3.05) is 29.2 Å². The monoisotopic (exact) mass is 638 g/mol. The molecule has 2 aliphatic rings. The molecule has 3 unspecified atom stereocenters. The van der Waals surface area contributed by atoms with Gasteiger partial charge in [0.1, 0.15) is 11.8 Å². The summed E-state index contributed by atoms with van der Waals surface area (Å²) in [6.45, 7) is -0.484. The number of hydrogen-bond acceptors (Lipinski definition) is 7. The molecule has 0 spiro atoms. The van der Waals surface area contributed by atoms with E-state index in [4.69, 9.17) is 0 Å². The van der Waals surface area contributed by atoms with Crippen LogP contribution in [0.1, 0.15) is 21.9 Å². The number of carbonyl (C=O) groups excluding carboxylic acids is 3. The second-order valence-electron chi connectivity index (χ2n) is 10.6. The number of nitrogens with zero attached hydrogens (tertiary/aromatic N) is 3. The predicted octanol–water partition coefficient (Wildman–Crippen LogP) is 5.43. The van der Waals surface area contributed by atoms with Gasteiger partial charge in [-0.25, -0.2) is 4.90 Å². The van der Waals surface area contributed by atoms with E-state index in [0.29, 0.717) is 15.6 Å². The van der Waals surface area contributed by atoms with Crippen LogP contribution in [0, 0.1) is 5.92 Å². The lowest BCUT2D eigenvalue weighted by atomic mass is 9.83. The second kappa shape index (κ2) is 11.3. The molecule has 226 valence electrons. The second-order valence-corrected chi connectivity index (χ2v) is 12.7. The Kier molecular flexibility index (Phi) is 7.62. The fraction of sp³-hybridized carbons (Fsp3) is 0.226. The van der Waals surface area contributed by atoms with E-state index < -0.39 is 52.1 Å². The van der Waals surface area contributed by atoms with Crippen molar-refractivity contribution >= 4 is 57.9 Å². The van der Waals surface area contributed by atoms with Gasteiger partial charge in [0.25, 0.3) is 0 Å². The van der Waals surface area contributed by atoms with Gasteiger partial charge in [0.2, 0.25) is 17.7 Å². The van der Waals surface area contributed by atoms with E-state index in [1.54, 1.807) is 30.3 Å². The van der Waals surface area contributed by atoms with Gasteiger partial charge < -0.3 is 10.2 Å². The minimum Gasteiger partial charge on any atom is -0.378 e. The van der Waals surface area contributed by atoms with Gasteiger partial charge >= 0.3 is 11.0 Å². The van der Waals surface area contributed by atoms with E-state index in [1.807, 2.05) is 43.3 Å². The smallest absolute Gasteiger partial charge is 0.378 e. The van der Waals surface area contributed by atoms with Gasteiger partial charge in [-0.3, -0.25) is 23.7 Å². The number of aromatic nitrogens is 1. The number of imide groups is 1. The fourth-order valence-corrected chi connectivity index (χ4v) is 8.32. The molecule has 4 aromatic rings. The zero-order valence-electron chi connectivity index (χ0n) is 23.4. The average molecular weight is 639 g/mol. The molecule has 1 aromatic heterocycles. The third-order valence-corrected chi connectivity index (χ3v) is 10.2. The summed E-state index contributed by atoms with van der Waals surface area (Å²) < 4.78 is 40.8. The van der Waals surface area contributed by atoms with Crippen molar-refractivity contribution in [2.45, 2.75) is 28.9 Å². The first kappa shape index (κ1) is 29.7. The summed E-state index contributed by atoms with van der Waals surface area (Å²) in [7, 11) is 3.79. The van der Waals surface area contributed by atoms with Crippen LogP contribution in [0.2, 0.25) is 0 Å². The van der Waals surface area contributed by atoms with Crippen LogP contribution in [-0.4, -0.2) is 41.6 Å². The van der Waals surface area contributed by atoms with Crippen LogP contribution < -0.4 is 20.0 Å². The van der Waals surface area contributed by atoms with Crippen molar-refractivity contribution in [1.29, 1.82) is 0 Å². The number of nitrogens with one attached hydrogen (secondary N) is 1. The Hall–Kier alpha value is -4.36. The van der Waals surface area contributed by atoms with Crippen LogP contribution in [0.5, 0.6) is 0 Å². The molecular formula is C31H25F3N4O4S2. The SMILES string of the molecule is CN(C)c1ccc(C2c3sc(=O)n(CC(=O)Nc4cccc(C(F)(F)F)c4)c3SC3C(=O)N(c4ccccc4)C(=O)C32)cc1. The molecule has 13 heteroatoms. The highest BCUT2D eigenvalue weighted by Crippen LogP contribution is 2.54. The molecule has 0 bridgehead atoms. The summed E-state index contributed by atoms with van der Waals surface area (Å²) in [6.07, 6.45) is -4.59. The Balaban J connectivity index is 1.38. The lowest BCUT2D eigenvalue weighted by Crippen LogP contribution is -2.33. The van der Waals surface area contributed by atoms with Crippen molar-refractivity contribution < 1.29 is 27.6 Å². The van der Waals surface area contributed by atoms with Crippen LogP contribution in [-0.2, 0) is 27.1 Å². The Morgan fingerprint density at radius 3 is 2.30 bits per heavy atom. The maximum atomic E-state index is 13.9. The maximum absolute atomic E-state index is 13.9. The van der Waals surface area contributed by atoms with Crippen molar-refractivity contribution in [3.05, 3.63) is 105 Å². The molecular weight excluding hydrogens is 613 g/mol. The highest BCUT2D eigenvalue weighted by Gasteiger charge is 2.56. The predicted molar refractivity (Wildman–Crippen MR) is 163 cm³/mol. The minimum absolute atomic E-state index is 0.0661. The molecule has 1 N–H and O–H groups in total. The highest BCUT2D eigenvalue weighted by molar-refractivity contribution is 8.00. The van der Waals surface area contributed by atoms with Crippen molar-refractivity contribution in [3.63, 3.8) is 0 Å². The Bertz CT molecular complexity index is 1820. The number of alkyl halides is 3. The zero-order chi connectivity index (χ0) is 31.3. The average Bonchev–Trinajstić information content (AvgIpc) is 3.43. The number of anilines is 3. The van der Waals surface area contributed by atoms with Crippen LogP contribution in [0.25, 0.3) is 0 Å². The van der Waals surface area contributed by atoms with E-state index in [0.717, 1.165) is 46.5 Å². The number of carbonyl (C=O) groups is 3. The molecule has 2 aliphatic heterocycles. The number of para-hydroxylation sites is 1. The lowest BCUT2D eigenvalue weighted by molar-refractivity contribution is -0.137. The summed E-state index contributed by atoms with van der Waals surface area (Å²) in [5, 5.41) is 1.97. The van der Waals surface area contributed by atoms with Crippen molar-refractivity contribution in [1.82, 2.24) is 4.57 Å². The molecule has 0 radical (unpaired) electrons. The first-order valence-electron chi connectivity index (χ1n) is 13.5. The van der Waals surface area contributed by atoms with E-state index in [2.05, 4.69) is 5.32 Å². The van der Waals surface area contributed by atoms with Crippen molar-refractivity contribution in [2.24, 2.45) is 5.92 Å². The number of halogens is 3. The van der Waals surface area contributed by atoms with Gasteiger partial charge in [-0.05, 0) is 48.0 Å². The highest BCUT2D eigenvalue weighted by atomic mass is 32.2. The summed E-state index contributed by atoms with van der Waals surface area (Å²) in [5.41, 5.74) is 1.12. The topological polar surface area (TPSA) is 91.7 Å². The van der Waals surface area contributed by atoms with E-state index in [9.17, 15) is 32.3 Å². The Morgan fingerprint density at radius 2 is 1.64 bits per heavy atom. The molecule has 3 amide bonds. The molecule has 3 heterocycles. The van der Waals surface area contributed by atoms with Gasteiger partial charge in [-0.2, -0.15) is 13.2 Å². The number of hydrogen-bond donors (Lipinski definition) is 1. The first-order valence-corrected chi connectivity index (χ1v) is 15.2. The molecule has 1 fully saturated rings.